The molecule has 0 bridgehead atoms. The number of non-ortho nitro benzene ring substituents is 1. The Morgan fingerprint density at radius 2 is 2.00 bits per heavy atom. The van der Waals surface area contributed by atoms with Gasteiger partial charge >= 0.3 is 0 Å². The van der Waals surface area contributed by atoms with E-state index in [1.54, 1.807) is 32.3 Å². The summed E-state index contributed by atoms with van der Waals surface area (Å²) >= 11 is 0. The van der Waals surface area contributed by atoms with Crippen LogP contribution in [0.5, 0.6) is 0 Å². The van der Waals surface area contributed by atoms with Crippen LogP contribution in [-0.2, 0) is 13.6 Å². The summed E-state index contributed by atoms with van der Waals surface area (Å²) in [6, 6.07) is 7.77. The van der Waals surface area contributed by atoms with Crippen LogP contribution in [0, 0.1) is 10.1 Å². The number of benzene rings is 1. The average molecular weight is 274 g/mol. The molecule has 104 valence electrons. The Labute approximate surface area is 115 Å². The van der Waals surface area contributed by atoms with Crippen LogP contribution in [0.1, 0.15) is 5.56 Å². The predicted molar refractivity (Wildman–Crippen MR) is 74.3 cm³/mol. The zero-order valence-corrected chi connectivity index (χ0v) is 11.2. The van der Waals surface area contributed by atoms with Crippen LogP contribution >= 0.6 is 0 Å². The Morgan fingerprint density at radius 3 is 2.55 bits per heavy atom. The van der Waals surface area contributed by atoms with Crippen molar-refractivity contribution in [3.63, 3.8) is 0 Å². The van der Waals surface area contributed by atoms with Gasteiger partial charge in [-0.05, 0) is 25.2 Å². The maximum atomic E-state index is 11.9. The van der Waals surface area contributed by atoms with Crippen LogP contribution in [-0.4, -0.2) is 21.8 Å². The summed E-state index contributed by atoms with van der Waals surface area (Å²) < 4.78 is 1.27. The van der Waals surface area contributed by atoms with Gasteiger partial charge in [-0.3, -0.25) is 14.9 Å². The molecule has 0 aliphatic carbocycles. The number of rotatable bonds is 4. The monoisotopic (exact) mass is 274 g/mol. The average Bonchev–Trinajstić information content (AvgIpc) is 2.44. The first kappa shape index (κ1) is 13.9. The molecule has 20 heavy (non-hydrogen) atoms. The first-order valence-corrected chi connectivity index (χ1v) is 5.99. The molecular weight excluding hydrogens is 260 g/mol. The number of nitrogens with one attached hydrogen (secondary N) is 1. The highest BCUT2D eigenvalue weighted by Gasteiger charge is 2.09. The van der Waals surface area contributed by atoms with Gasteiger partial charge in [-0.2, -0.15) is 5.10 Å². The fourth-order valence-corrected chi connectivity index (χ4v) is 1.88. The minimum absolute atomic E-state index is 0.0222. The minimum atomic E-state index is -0.454. The summed E-state index contributed by atoms with van der Waals surface area (Å²) in [7, 11) is 3.34. The topological polar surface area (TPSA) is 90.1 Å². The highest BCUT2D eigenvalue weighted by Crippen LogP contribution is 2.20. The van der Waals surface area contributed by atoms with E-state index in [-0.39, 0.29) is 11.2 Å². The van der Waals surface area contributed by atoms with E-state index in [1.165, 1.54) is 16.8 Å². The van der Waals surface area contributed by atoms with E-state index < -0.39 is 4.92 Å². The third-order valence-electron chi connectivity index (χ3n) is 2.88. The van der Waals surface area contributed by atoms with Crippen molar-refractivity contribution in [3.8, 4) is 11.3 Å². The SMILES string of the molecule is CNCc1cc(-c2ccc([N+](=O)[O-])cc2)nn(C)c1=O. The molecule has 0 fully saturated rings. The van der Waals surface area contributed by atoms with Gasteiger partial charge in [-0.1, -0.05) is 0 Å². The van der Waals surface area contributed by atoms with Crippen molar-refractivity contribution in [2.75, 3.05) is 7.05 Å². The number of hydrogen-bond donors (Lipinski definition) is 1. The van der Waals surface area contributed by atoms with E-state index in [1.807, 2.05) is 0 Å². The van der Waals surface area contributed by atoms with Gasteiger partial charge in [0.2, 0.25) is 0 Å². The number of aryl methyl sites for hydroxylation is 1. The Morgan fingerprint density at radius 1 is 1.35 bits per heavy atom. The van der Waals surface area contributed by atoms with E-state index in [2.05, 4.69) is 10.4 Å². The maximum Gasteiger partial charge on any atom is 0.271 e. The maximum absolute atomic E-state index is 11.9. The second-order valence-corrected chi connectivity index (χ2v) is 4.32. The van der Waals surface area contributed by atoms with Crippen molar-refractivity contribution in [2.24, 2.45) is 7.05 Å². The highest BCUT2D eigenvalue weighted by atomic mass is 16.6. The second-order valence-electron chi connectivity index (χ2n) is 4.32. The molecule has 0 unspecified atom stereocenters. The quantitative estimate of drug-likeness (QED) is 0.665. The van der Waals surface area contributed by atoms with Crippen molar-refractivity contribution >= 4 is 5.69 Å². The van der Waals surface area contributed by atoms with Gasteiger partial charge in [0.1, 0.15) is 0 Å². The fraction of sp³-hybridized carbons (Fsp3) is 0.231. The van der Waals surface area contributed by atoms with Crippen LogP contribution in [0.4, 0.5) is 5.69 Å². The van der Waals surface area contributed by atoms with Crippen molar-refractivity contribution in [3.05, 3.63) is 56.4 Å². The predicted octanol–water partition coefficient (Wildman–Crippen LogP) is 1.07. The third kappa shape index (κ3) is 2.72. The third-order valence-corrected chi connectivity index (χ3v) is 2.88. The largest absolute Gasteiger partial charge is 0.315 e. The molecule has 1 N–H and O–H groups in total. The zero-order chi connectivity index (χ0) is 14.7. The van der Waals surface area contributed by atoms with Crippen LogP contribution in [0.15, 0.2) is 35.1 Å². The van der Waals surface area contributed by atoms with Crippen LogP contribution < -0.4 is 10.9 Å². The van der Waals surface area contributed by atoms with Crippen LogP contribution in [0.25, 0.3) is 11.3 Å². The summed E-state index contributed by atoms with van der Waals surface area (Å²) in [6.07, 6.45) is 0. The molecule has 0 saturated carbocycles. The Kier molecular flexibility index (Phi) is 3.90. The minimum Gasteiger partial charge on any atom is -0.315 e. The second kappa shape index (κ2) is 5.62. The summed E-state index contributed by atoms with van der Waals surface area (Å²) in [5.74, 6) is 0. The molecule has 7 nitrogen and oxygen atoms in total. The van der Waals surface area contributed by atoms with Crippen molar-refractivity contribution in [1.82, 2.24) is 15.1 Å². The lowest BCUT2D eigenvalue weighted by molar-refractivity contribution is -0.384. The Bertz CT molecular complexity index is 692. The highest BCUT2D eigenvalue weighted by molar-refractivity contribution is 5.60. The fourth-order valence-electron chi connectivity index (χ4n) is 1.88. The lowest BCUT2D eigenvalue weighted by Gasteiger charge is -2.07. The normalized spacial score (nSPS) is 10.5. The molecule has 0 spiro atoms. The number of nitro groups is 1. The van der Waals surface area contributed by atoms with Gasteiger partial charge in [-0.15, -0.1) is 0 Å². The molecule has 0 aliphatic heterocycles. The molecule has 0 atom stereocenters. The van der Waals surface area contributed by atoms with Gasteiger partial charge in [0.25, 0.3) is 11.2 Å². The van der Waals surface area contributed by atoms with E-state index >= 15 is 0 Å². The molecule has 1 aromatic heterocycles. The Balaban J connectivity index is 2.47. The molecule has 1 heterocycles. The first-order chi connectivity index (χ1) is 9.52. The van der Waals surface area contributed by atoms with Crippen molar-refractivity contribution < 1.29 is 4.92 Å². The molecule has 7 heteroatoms. The van der Waals surface area contributed by atoms with E-state index in [9.17, 15) is 14.9 Å². The van der Waals surface area contributed by atoms with Crippen molar-refractivity contribution in [2.45, 2.75) is 6.54 Å². The lowest BCUT2D eigenvalue weighted by Crippen LogP contribution is -2.26. The number of nitro benzene ring substituents is 1. The summed E-state index contributed by atoms with van der Waals surface area (Å²) in [5, 5.41) is 17.7. The van der Waals surface area contributed by atoms with Crippen molar-refractivity contribution in [1.29, 1.82) is 0 Å². The number of hydrogen-bond acceptors (Lipinski definition) is 5. The van der Waals surface area contributed by atoms with Crippen LogP contribution in [0.2, 0.25) is 0 Å². The van der Waals surface area contributed by atoms with Crippen LogP contribution in [0.3, 0.4) is 0 Å². The van der Waals surface area contributed by atoms with E-state index in [0.29, 0.717) is 17.8 Å². The molecule has 1 aromatic carbocycles. The first-order valence-electron chi connectivity index (χ1n) is 5.99. The van der Waals surface area contributed by atoms with Gasteiger partial charge < -0.3 is 5.32 Å². The summed E-state index contributed by atoms with van der Waals surface area (Å²) in [6.45, 7) is 0.440. The summed E-state index contributed by atoms with van der Waals surface area (Å²) in [5.41, 5.74) is 1.79. The molecule has 0 aliphatic rings. The number of nitrogens with zero attached hydrogens (tertiary/aromatic N) is 3. The van der Waals surface area contributed by atoms with E-state index in [0.717, 1.165) is 5.56 Å². The molecule has 0 amide bonds. The van der Waals surface area contributed by atoms with Gasteiger partial charge in [-0.25, -0.2) is 4.68 Å². The molecule has 0 saturated heterocycles. The molecule has 2 aromatic rings. The van der Waals surface area contributed by atoms with Gasteiger partial charge in [0.15, 0.2) is 0 Å². The lowest BCUT2D eigenvalue weighted by atomic mass is 10.1. The molecule has 0 radical (unpaired) electrons. The molecule has 2 rings (SSSR count). The van der Waals surface area contributed by atoms with Gasteiger partial charge in [0, 0.05) is 36.9 Å². The van der Waals surface area contributed by atoms with E-state index in [4.69, 9.17) is 0 Å². The standard InChI is InChI=1S/C13H14N4O3/c1-14-8-10-7-12(15-16(2)13(10)18)9-3-5-11(6-4-9)17(19)20/h3-7,14H,8H2,1-2H3. The smallest absolute Gasteiger partial charge is 0.271 e. The van der Waals surface area contributed by atoms with Gasteiger partial charge in [0.05, 0.1) is 10.6 Å². The number of aromatic nitrogens is 2. The zero-order valence-electron chi connectivity index (χ0n) is 11.2. The molecular formula is C13H14N4O3. The Hall–Kier alpha value is -2.54. The summed E-state index contributed by atoms with van der Waals surface area (Å²) in [4.78, 5) is 22.0.